The van der Waals surface area contributed by atoms with Crippen LogP contribution in [0.4, 0.5) is 5.82 Å². The largest absolute Gasteiger partial charge is 0.426 e. The Labute approximate surface area is 208 Å². The lowest BCUT2D eigenvalue weighted by Crippen LogP contribution is -2.28. The van der Waals surface area contributed by atoms with Gasteiger partial charge in [0, 0.05) is 0 Å². The summed E-state index contributed by atoms with van der Waals surface area (Å²) in [6, 6.07) is 17.9. The maximum Gasteiger partial charge on any atom is 0.325 e. The number of carbonyl (C=O) groups is 1. The van der Waals surface area contributed by atoms with Gasteiger partial charge < -0.3 is 24.3 Å². The molecule has 0 saturated heterocycles. The molecule has 2 heterocycles. The minimum Gasteiger partial charge on any atom is -0.426 e. The molecule has 0 radical (unpaired) electrons. The van der Waals surface area contributed by atoms with Gasteiger partial charge >= 0.3 is 5.97 Å². The number of para-hydroxylation sites is 1. The number of aromatic nitrogens is 4. The first-order valence-corrected chi connectivity index (χ1v) is 13.0. The van der Waals surface area contributed by atoms with Gasteiger partial charge in [0.15, 0.2) is 11.5 Å². The molecular formula is C24H27N6O5P. The van der Waals surface area contributed by atoms with Gasteiger partial charge in [0.05, 0.1) is 25.6 Å². The first-order valence-electron chi connectivity index (χ1n) is 11.2. The number of nitrogen functional groups attached to an aromatic ring is 1. The second-order valence-corrected chi connectivity index (χ2v) is 10.2. The summed E-state index contributed by atoms with van der Waals surface area (Å²) >= 11 is 0. The number of nitrogens with one attached hydrogen (secondary N) is 1. The van der Waals surface area contributed by atoms with Crippen molar-refractivity contribution in [1.82, 2.24) is 24.6 Å². The van der Waals surface area contributed by atoms with E-state index in [1.807, 2.05) is 43.3 Å². The zero-order valence-electron chi connectivity index (χ0n) is 19.7. The van der Waals surface area contributed by atoms with Gasteiger partial charge in [-0.05, 0) is 24.6 Å². The molecule has 0 aliphatic rings. The zero-order chi connectivity index (χ0) is 25.4. The molecule has 0 spiro atoms. The number of anilines is 1. The van der Waals surface area contributed by atoms with Gasteiger partial charge in [-0.1, -0.05) is 48.5 Å². The molecule has 36 heavy (non-hydrogen) atoms. The molecular weight excluding hydrogens is 483 g/mol. The van der Waals surface area contributed by atoms with E-state index in [-0.39, 0.29) is 31.4 Å². The number of benzene rings is 2. The summed E-state index contributed by atoms with van der Waals surface area (Å²) in [6.45, 7) is 1.96. The number of nitrogens with zero attached hydrogens (tertiary/aromatic N) is 4. The zero-order valence-corrected chi connectivity index (χ0v) is 20.6. The van der Waals surface area contributed by atoms with Crippen molar-refractivity contribution in [1.29, 1.82) is 0 Å². The molecule has 0 unspecified atom stereocenters. The topological polar surface area (TPSA) is 143 Å². The number of nitrogens with two attached hydrogens (primary N) is 1. The Kier molecular flexibility index (Phi) is 8.40. The standard InChI is InChI=1S/C24H27N6O5P/c1-18(13-30-16-28-22-23(25)26-15-27-24(22)30)33-17-36(32,34-14-19-8-4-2-5-9-19)29-12-21(31)35-20-10-6-3-7-11-20/h2-11,15-16,18H,12-14,17H2,1H3,(H,29,32)(H2,25,26,27)/t18-,36+/m1/s1. The van der Waals surface area contributed by atoms with Crippen LogP contribution in [0.15, 0.2) is 73.3 Å². The normalized spacial score (nSPS) is 13.8. The lowest BCUT2D eigenvalue weighted by Gasteiger charge is -2.22. The lowest BCUT2D eigenvalue weighted by atomic mass is 10.2. The molecule has 0 saturated carbocycles. The quantitative estimate of drug-likeness (QED) is 0.165. The summed E-state index contributed by atoms with van der Waals surface area (Å²) in [6.07, 6.45) is 2.32. The summed E-state index contributed by atoms with van der Waals surface area (Å²) < 4.78 is 32.2. The third kappa shape index (κ3) is 6.96. The highest BCUT2D eigenvalue weighted by Crippen LogP contribution is 2.43. The molecule has 2 atom stereocenters. The summed E-state index contributed by atoms with van der Waals surface area (Å²) in [4.78, 5) is 24.7. The average Bonchev–Trinajstić information content (AvgIpc) is 3.30. The lowest BCUT2D eigenvalue weighted by molar-refractivity contribution is -0.133. The Morgan fingerprint density at radius 3 is 2.56 bits per heavy atom. The van der Waals surface area contributed by atoms with E-state index >= 15 is 0 Å². The Hall–Kier alpha value is -3.63. The van der Waals surface area contributed by atoms with Crippen molar-refractivity contribution in [2.75, 3.05) is 18.6 Å². The van der Waals surface area contributed by atoms with Gasteiger partial charge in [-0.15, -0.1) is 0 Å². The van der Waals surface area contributed by atoms with Crippen LogP contribution in [0.25, 0.3) is 11.2 Å². The van der Waals surface area contributed by atoms with Crippen molar-refractivity contribution in [2.24, 2.45) is 0 Å². The Morgan fingerprint density at radius 1 is 1.08 bits per heavy atom. The van der Waals surface area contributed by atoms with E-state index in [4.69, 9.17) is 19.7 Å². The fraction of sp³-hybridized carbons (Fsp3) is 0.250. The highest BCUT2D eigenvalue weighted by Gasteiger charge is 2.26. The SMILES string of the molecule is C[C@H](Cn1cnc2c(N)ncnc21)OC[P@@](=O)(NCC(=O)Oc1ccccc1)OCc1ccccc1. The van der Waals surface area contributed by atoms with Gasteiger partial charge in [-0.25, -0.2) is 20.0 Å². The minimum atomic E-state index is -3.59. The van der Waals surface area contributed by atoms with Crippen molar-refractivity contribution >= 4 is 30.5 Å². The highest BCUT2D eigenvalue weighted by molar-refractivity contribution is 7.56. The van der Waals surface area contributed by atoms with Gasteiger partial charge in [0.1, 0.15) is 30.5 Å². The first-order chi connectivity index (χ1) is 17.4. The molecule has 12 heteroatoms. The molecule has 0 aliphatic carbocycles. The second kappa shape index (κ2) is 11.9. The summed E-state index contributed by atoms with van der Waals surface area (Å²) in [5.74, 6) is 0.0869. The van der Waals surface area contributed by atoms with Gasteiger partial charge in [0.2, 0.25) is 0 Å². The minimum absolute atomic E-state index is 0.0823. The molecule has 3 N–H and O–H groups in total. The van der Waals surface area contributed by atoms with E-state index < -0.39 is 13.5 Å². The number of hydrogen-bond donors (Lipinski definition) is 2. The van der Waals surface area contributed by atoms with Gasteiger partial charge in [-0.2, -0.15) is 0 Å². The van der Waals surface area contributed by atoms with Crippen LogP contribution in [0.3, 0.4) is 0 Å². The molecule has 4 rings (SSSR count). The van der Waals surface area contributed by atoms with E-state index in [2.05, 4.69) is 20.0 Å². The third-order valence-electron chi connectivity index (χ3n) is 5.13. The first kappa shape index (κ1) is 25.5. The molecule has 0 fully saturated rings. The van der Waals surface area contributed by atoms with Crippen LogP contribution in [0.1, 0.15) is 12.5 Å². The number of ether oxygens (including phenoxy) is 2. The molecule has 0 bridgehead atoms. The molecule has 188 valence electrons. The van der Waals surface area contributed by atoms with Gasteiger partial charge in [-0.3, -0.25) is 9.36 Å². The predicted molar refractivity (Wildman–Crippen MR) is 134 cm³/mol. The van der Waals surface area contributed by atoms with Crippen LogP contribution in [0.2, 0.25) is 0 Å². The Morgan fingerprint density at radius 2 is 1.81 bits per heavy atom. The van der Waals surface area contributed by atoms with Crippen LogP contribution in [0, 0.1) is 0 Å². The second-order valence-electron chi connectivity index (χ2n) is 7.99. The number of rotatable bonds is 12. The van der Waals surface area contributed by atoms with Gasteiger partial charge in [0.25, 0.3) is 7.52 Å². The van der Waals surface area contributed by atoms with Crippen LogP contribution in [-0.2, 0) is 31.8 Å². The number of hydrogen-bond acceptors (Lipinski definition) is 9. The van der Waals surface area contributed by atoms with Crippen molar-refractivity contribution in [3.63, 3.8) is 0 Å². The molecule has 4 aromatic rings. The number of esters is 1. The summed E-state index contributed by atoms with van der Waals surface area (Å²) in [5.41, 5.74) is 7.75. The van der Waals surface area contributed by atoms with E-state index in [1.165, 1.54) is 6.33 Å². The smallest absolute Gasteiger partial charge is 0.325 e. The van der Waals surface area contributed by atoms with Crippen LogP contribution >= 0.6 is 7.52 Å². The Balaban J connectivity index is 1.38. The average molecular weight is 510 g/mol. The summed E-state index contributed by atoms with van der Waals surface area (Å²) in [5, 5.41) is 2.72. The Bertz CT molecular complexity index is 1330. The monoisotopic (exact) mass is 510 g/mol. The van der Waals surface area contributed by atoms with Crippen molar-refractivity contribution in [3.8, 4) is 5.75 Å². The van der Waals surface area contributed by atoms with Crippen molar-refractivity contribution in [2.45, 2.75) is 26.2 Å². The molecule has 11 nitrogen and oxygen atoms in total. The van der Waals surface area contributed by atoms with Crippen molar-refractivity contribution < 1.29 is 23.4 Å². The highest BCUT2D eigenvalue weighted by atomic mass is 31.2. The number of fused-ring (bicyclic) bond motifs is 1. The molecule has 0 amide bonds. The fourth-order valence-corrected chi connectivity index (χ4v) is 4.75. The molecule has 2 aromatic heterocycles. The third-order valence-corrected chi connectivity index (χ3v) is 6.81. The van der Waals surface area contributed by atoms with E-state index in [1.54, 1.807) is 35.2 Å². The predicted octanol–water partition coefficient (Wildman–Crippen LogP) is 3.38. The van der Waals surface area contributed by atoms with E-state index in [0.29, 0.717) is 23.5 Å². The summed E-state index contributed by atoms with van der Waals surface area (Å²) in [7, 11) is -3.59. The van der Waals surface area contributed by atoms with Crippen LogP contribution < -0.4 is 15.6 Å². The van der Waals surface area contributed by atoms with Crippen LogP contribution in [-0.4, -0.2) is 44.5 Å². The maximum absolute atomic E-state index is 13.6. The fourth-order valence-electron chi connectivity index (χ4n) is 3.31. The van der Waals surface area contributed by atoms with Crippen LogP contribution in [0.5, 0.6) is 5.75 Å². The number of imidazole rings is 1. The number of carbonyl (C=O) groups excluding carboxylic acids is 1. The molecule has 0 aliphatic heterocycles. The maximum atomic E-state index is 13.6. The van der Waals surface area contributed by atoms with Crippen molar-refractivity contribution in [3.05, 3.63) is 78.9 Å². The molecule has 2 aromatic carbocycles. The van der Waals surface area contributed by atoms with E-state index in [9.17, 15) is 9.36 Å². The van der Waals surface area contributed by atoms with E-state index in [0.717, 1.165) is 5.56 Å².